The zero-order valence-electron chi connectivity index (χ0n) is 28.4. The number of sulfonamides is 1. The van der Waals surface area contributed by atoms with E-state index in [1.807, 2.05) is 67.6 Å². The van der Waals surface area contributed by atoms with E-state index in [4.69, 9.17) is 18.9 Å². The van der Waals surface area contributed by atoms with E-state index in [0.29, 0.717) is 24.5 Å². The third-order valence-corrected chi connectivity index (χ3v) is 9.65. The zero-order chi connectivity index (χ0) is 35.4. The van der Waals surface area contributed by atoms with Gasteiger partial charge in [0.05, 0.1) is 39.0 Å². The van der Waals surface area contributed by atoms with E-state index in [-0.39, 0.29) is 41.0 Å². The number of methoxy groups -OCH3 is 4. The lowest BCUT2D eigenvalue weighted by Crippen LogP contribution is -2.53. The van der Waals surface area contributed by atoms with Crippen molar-refractivity contribution in [2.45, 2.75) is 37.2 Å². The normalized spacial score (nSPS) is 11.6. The lowest BCUT2D eigenvalue weighted by atomic mass is 10.0. The second-order valence-corrected chi connectivity index (χ2v) is 12.9. The molecule has 0 radical (unpaired) electrons. The van der Waals surface area contributed by atoms with Crippen LogP contribution in [0.4, 0.5) is 5.69 Å². The van der Waals surface area contributed by atoms with Crippen LogP contribution in [0.1, 0.15) is 24.5 Å². The summed E-state index contributed by atoms with van der Waals surface area (Å²) in [5.41, 5.74) is 1.68. The predicted octanol–water partition coefficient (Wildman–Crippen LogP) is 5.08. The molecule has 0 aliphatic heterocycles. The van der Waals surface area contributed by atoms with Crippen LogP contribution in [0.2, 0.25) is 0 Å². The van der Waals surface area contributed by atoms with Gasteiger partial charge in [-0.15, -0.1) is 0 Å². The molecule has 0 saturated heterocycles. The van der Waals surface area contributed by atoms with Crippen molar-refractivity contribution in [3.8, 4) is 23.0 Å². The van der Waals surface area contributed by atoms with Gasteiger partial charge in [0.1, 0.15) is 24.1 Å². The summed E-state index contributed by atoms with van der Waals surface area (Å²) in [7, 11) is 1.23. The summed E-state index contributed by atoms with van der Waals surface area (Å²) in [6.07, 6.45) is 0.906. The average Bonchev–Trinajstić information content (AvgIpc) is 3.14. The highest BCUT2D eigenvalue weighted by Crippen LogP contribution is 2.38. The van der Waals surface area contributed by atoms with Crippen LogP contribution < -0.4 is 28.6 Å². The predicted molar refractivity (Wildman–Crippen MR) is 188 cm³/mol. The number of benzene rings is 4. The van der Waals surface area contributed by atoms with Gasteiger partial charge in [-0.3, -0.25) is 13.9 Å². The molecule has 0 heterocycles. The molecule has 4 rings (SSSR count). The molecule has 0 aromatic heterocycles. The Labute approximate surface area is 288 Å². The highest BCUT2D eigenvalue weighted by atomic mass is 32.2. The van der Waals surface area contributed by atoms with E-state index in [1.54, 1.807) is 12.1 Å². The number of ether oxygens (including phenoxy) is 4. The van der Waals surface area contributed by atoms with Crippen LogP contribution in [0.5, 0.6) is 23.0 Å². The van der Waals surface area contributed by atoms with Crippen molar-refractivity contribution in [2.75, 3.05) is 45.8 Å². The number of carbonyl (C=O) groups is 2. The fourth-order valence-corrected chi connectivity index (χ4v) is 6.74. The molecule has 0 aliphatic carbocycles. The standard InChI is InChI=1S/C37H43N3O8S/c1-6-21-38-37(42)32(22-27-13-9-7-10-14-27)39(25-28-15-11-8-12-16-28)36(41)26-40(31-23-29(45-2)17-19-33(31)46-3)49(43,44)30-18-20-34(47-4)35(24-30)48-5/h7-20,23-24,32H,6,21-22,25-26H2,1-5H3,(H,38,42)/t32-/m0/s1. The summed E-state index contributed by atoms with van der Waals surface area (Å²) in [5.74, 6) is 0.104. The maximum Gasteiger partial charge on any atom is 0.265 e. The van der Waals surface area contributed by atoms with Crippen molar-refractivity contribution in [1.29, 1.82) is 0 Å². The minimum Gasteiger partial charge on any atom is -0.497 e. The first-order chi connectivity index (χ1) is 23.7. The van der Waals surface area contributed by atoms with Crippen LogP contribution in [-0.2, 0) is 32.6 Å². The average molecular weight is 690 g/mol. The highest BCUT2D eigenvalue weighted by Gasteiger charge is 2.36. The minimum atomic E-state index is -4.48. The monoisotopic (exact) mass is 689 g/mol. The van der Waals surface area contributed by atoms with Gasteiger partial charge in [0.25, 0.3) is 10.0 Å². The van der Waals surface area contributed by atoms with Crippen molar-refractivity contribution >= 4 is 27.5 Å². The van der Waals surface area contributed by atoms with Crippen LogP contribution in [0, 0.1) is 0 Å². The van der Waals surface area contributed by atoms with Gasteiger partial charge in [-0.2, -0.15) is 0 Å². The quantitative estimate of drug-likeness (QED) is 0.163. The molecule has 49 heavy (non-hydrogen) atoms. The Kier molecular flexibility index (Phi) is 12.9. The zero-order valence-corrected chi connectivity index (χ0v) is 29.2. The van der Waals surface area contributed by atoms with Crippen molar-refractivity contribution < 1.29 is 37.0 Å². The number of hydrogen-bond donors (Lipinski definition) is 1. The summed E-state index contributed by atoms with van der Waals surface area (Å²) in [5, 5.41) is 2.94. The van der Waals surface area contributed by atoms with E-state index < -0.39 is 28.5 Å². The van der Waals surface area contributed by atoms with E-state index in [9.17, 15) is 18.0 Å². The summed E-state index contributed by atoms with van der Waals surface area (Å²) in [4.78, 5) is 29.8. The molecule has 4 aromatic rings. The Balaban J connectivity index is 1.88. The fraction of sp³-hybridized carbons (Fsp3) is 0.297. The molecule has 0 unspecified atom stereocenters. The number of nitrogens with zero attached hydrogens (tertiary/aromatic N) is 2. The number of rotatable bonds is 17. The van der Waals surface area contributed by atoms with Crippen molar-refractivity contribution in [1.82, 2.24) is 10.2 Å². The van der Waals surface area contributed by atoms with Gasteiger partial charge in [-0.05, 0) is 41.8 Å². The third kappa shape index (κ3) is 9.02. The summed E-state index contributed by atoms with van der Waals surface area (Å²) >= 11 is 0. The van der Waals surface area contributed by atoms with Crippen LogP contribution in [0.3, 0.4) is 0 Å². The number of hydrogen-bond acceptors (Lipinski definition) is 8. The van der Waals surface area contributed by atoms with Gasteiger partial charge in [0.15, 0.2) is 11.5 Å². The second kappa shape index (κ2) is 17.3. The van der Waals surface area contributed by atoms with Crippen molar-refractivity contribution in [2.24, 2.45) is 0 Å². The Morgan fingerprint density at radius 1 is 0.735 bits per heavy atom. The molecular weight excluding hydrogens is 646 g/mol. The van der Waals surface area contributed by atoms with Crippen LogP contribution in [0.25, 0.3) is 0 Å². The lowest BCUT2D eigenvalue weighted by molar-refractivity contribution is -0.140. The van der Waals surface area contributed by atoms with Gasteiger partial charge >= 0.3 is 0 Å². The minimum absolute atomic E-state index is 0.0518. The molecule has 11 nitrogen and oxygen atoms in total. The van der Waals surface area contributed by atoms with E-state index in [1.165, 1.54) is 57.6 Å². The summed E-state index contributed by atoms with van der Waals surface area (Å²) in [6, 6.07) is 26.5. The first-order valence-electron chi connectivity index (χ1n) is 15.8. The van der Waals surface area contributed by atoms with Crippen LogP contribution >= 0.6 is 0 Å². The van der Waals surface area contributed by atoms with Crippen molar-refractivity contribution in [3.63, 3.8) is 0 Å². The van der Waals surface area contributed by atoms with E-state index in [2.05, 4.69) is 5.32 Å². The molecule has 0 saturated carbocycles. The number of anilines is 1. The molecule has 12 heteroatoms. The third-order valence-electron chi connectivity index (χ3n) is 7.89. The van der Waals surface area contributed by atoms with Crippen molar-refractivity contribution in [3.05, 3.63) is 108 Å². The molecule has 0 bridgehead atoms. The van der Waals surface area contributed by atoms with Gasteiger partial charge in [0.2, 0.25) is 11.8 Å². The molecule has 0 aliphatic rings. The fourth-order valence-electron chi connectivity index (χ4n) is 5.31. The largest absolute Gasteiger partial charge is 0.497 e. The molecule has 4 aromatic carbocycles. The second-order valence-electron chi connectivity index (χ2n) is 11.1. The molecular formula is C37H43N3O8S. The smallest absolute Gasteiger partial charge is 0.265 e. The molecule has 260 valence electrons. The number of carbonyl (C=O) groups excluding carboxylic acids is 2. The Hall–Kier alpha value is -5.23. The SMILES string of the molecule is CCCNC(=O)[C@H](Cc1ccccc1)N(Cc1ccccc1)C(=O)CN(c1cc(OC)ccc1OC)S(=O)(=O)c1ccc(OC)c(OC)c1. The van der Waals surface area contributed by atoms with Crippen LogP contribution in [0.15, 0.2) is 102 Å². The van der Waals surface area contributed by atoms with Gasteiger partial charge in [0, 0.05) is 31.6 Å². The molecule has 1 atom stereocenters. The summed E-state index contributed by atoms with van der Waals surface area (Å²) < 4.78 is 51.9. The Bertz CT molecular complexity index is 1800. The first-order valence-corrected chi connectivity index (χ1v) is 17.2. The maximum absolute atomic E-state index is 14.7. The van der Waals surface area contributed by atoms with E-state index in [0.717, 1.165) is 15.4 Å². The number of amides is 2. The van der Waals surface area contributed by atoms with Crippen LogP contribution in [-0.4, -0.2) is 72.7 Å². The van der Waals surface area contributed by atoms with Gasteiger partial charge in [-0.25, -0.2) is 8.42 Å². The molecule has 1 N–H and O–H groups in total. The highest BCUT2D eigenvalue weighted by molar-refractivity contribution is 7.92. The summed E-state index contributed by atoms with van der Waals surface area (Å²) in [6.45, 7) is 1.74. The van der Waals surface area contributed by atoms with E-state index >= 15 is 0 Å². The first kappa shape index (κ1) is 36.6. The van der Waals surface area contributed by atoms with Gasteiger partial charge < -0.3 is 29.2 Å². The molecule has 0 fully saturated rings. The topological polar surface area (TPSA) is 124 Å². The maximum atomic E-state index is 14.7. The Morgan fingerprint density at radius 2 is 1.35 bits per heavy atom. The molecule has 2 amide bonds. The molecule has 0 spiro atoms. The Morgan fingerprint density at radius 3 is 1.94 bits per heavy atom. The van der Waals surface area contributed by atoms with Gasteiger partial charge in [-0.1, -0.05) is 67.6 Å². The lowest BCUT2D eigenvalue weighted by Gasteiger charge is -2.34. The number of nitrogens with one attached hydrogen (secondary N) is 1.